The monoisotopic (exact) mass is 898 g/mol. The summed E-state index contributed by atoms with van der Waals surface area (Å²) in [6, 6.07) is 9.38. The van der Waals surface area contributed by atoms with Crippen LogP contribution in [0.25, 0.3) is 0 Å². The number of hydrogen-bond donors (Lipinski definition) is 0. The average molecular weight is 898 g/mol. The lowest BCUT2D eigenvalue weighted by Gasteiger charge is -2.57. The third-order valence-corrected chi connectivity index (χ3v) is 12.7. The second-order valence-electron chi connectivity index (χ2n) is 11.6. The summed E-state index contributed by atoms with van der Waals surface area (Å²) in [6.07, 6.45) is 2.99. The van der Waals surface area contributed by atoms with Gasteiger partial charge in [0.2, 0.25) is 17.4 Å². The lowest BCUT2D eigenvalue weighted by atomic mass is 9.46. The van der Waals surface area contributed by atoms with Crippen molar-refractivity contribution in [3.05, 3.63) is 83.5 Å². The maximum atomic E-state index is 14.9. The van der Waals surface area contributed by atoms with Crippen molar-refractivity contribution in [2.75, 3.05) is 0 Å². The van der Waals surface area contributed by atoms with Gasteiger partial charge in [0.05, 0.1) is 28.3 Å². The summed E-state index contributed by atoms with van der Waals surface area (Å²) in [5.41, 5.74) is -0.556. The SMILES string of the molecule is O=C([O-])c1c(F)c(F)c(OC(=O)C2C(C(=O)Oc3cc(I)c(S(=O)(=O)[O-])c(I)c3)C3c4ccccc4C2C2CCCCC23)c(F)c1F. The van der Waals surface area contributed by atoms with Crippen molar-refractivity contribution >= 4 is 73.2 Å². The van der Waals surface area contributed by atoms with E-state index in [-0.39, 0.29) is 24.7 Å². The molecule has 7 rings (SSSR count). The van der Waals surface area contributed by atoms with Gasteiger partial charge >= 0.3 is 11.9 Å². The summed E-state index contributed by atoms with van der Waals surface area (Å²) < 4.78 is 105. The molecule has 9 nitrogen and oxygen atoms in total. The van der Waals surface area contributed by atoms with Gasteiger partial charge in [-0.05, 0) is 93.1 Å². The van der Waals surface area contributed by atoms with Crippen molar-refractivity contribution < 1.29 is 59.5 Å². The van der Waals surface area contributed by atoms with E-state index in [1.54, 1.807) is 63.4 Å². The van der Waals surface area contributed by atoms with Crippen LogP contribution in [0, 0.1) is 54.1 Å². The van der Waals surface area contributed by atoms with E-state index in [2.05, 4.69) is 0 Å². The van der Waals surface area contributed by atoms with E-state index in [4.69, 9.17) is 9.47 Å². The van der Waals surface area contributed by atoms with Crippen LogP contribution in [0.15, 0.2) is 41.3 Å². The van der Waals surface area contributed by atoms with E-state index >= 15 is 0 Å². The first kappa shape index (κ1) is 34.0. The molecule has 0 aromatic heterocycles. The van der Waals surface area contributed by atoms with Crippen LogP contribution in [0.3, 0.4) is 0 Å². The van der Waals surface area contributed by atoms with Crippen LogP contribution in [-0.2, 0) is 19.7 Å². The first-order valence-electron chi connectivity index (χ1n) is 14.2. The van der Waals surface area contributed by atoms with Crippen LogP contribution >= 0.6 is 45.2 Å². The Morgan fingerprint density at radius 2 is 1.21 bits per heavy atom. The Balaban J connectivity index is 1.45. The Hall–Kier alpha value is -2.84. The summed E-state index contributed by atoms with van der Waals surface area (Å²) in [4.78, 5) is 38.7. The van der Waals surface area contributed by atoms with E-state index in [0.717, 1.165) is 30.5 Å². The maximum absolute atomic E-state index is 14.9. The fourth-order valence-electron chi connectivity index (χ4n) is 7.68. The van der Waals surface area contributed by atoms with Crippen LogP contribution in [0.1, 0.15) is 59.0 Å². The summed E-state index contributed by atoms with van der Waals surface area (Å²) in [7, 11) is -4.87. The van der Waals surface area contributed by atoms with Gasteiger partial charge in [-0.1, -0.05) is 37.1 Å². The van der Waals surface area contributed by atoms with Gasteiger partial charge in [-0.2, -0.15) is 8.78 Å². The standard InChI is InChI=1S/C31H22F4I2O9S/c32-23-22(29(38)39)24(33)26(35)27(25(23)34)46-31(41)21-19-14-7-3-1-5-12(14)18(13-6-2-4-8-15(13)19)20(21)30(40)45-11-9-16(36)28(17(37)10-11)47(42,43)44/h1,3,5,7,9-10,13,15,18-21H,2,4,6,8H2,(H,38,39)(H,42,43,44)/p-2. The summed E-state index contributed by atoms with van der Waals surface area (Å²) in [5, 5.41) is 11.1. The molecule has 248 valence electrons. The molecule has 2 fully saturated rings. The van der Waals surface area contributed by atoms with Gasteiger partial charge in [-0.15, -0.1) is 0 Å². The van der Waals surface area contributed by atoms with Gasteiger partial charge in [-0.25, -0.2) is 17.2 Å². The van der Waals surface area contributed by atoms with Crippen molar-refractivity contribution in [1.82, 2.24) is 0 Å². The number of carbonyl (C=O) groups is 3. The number of rotatable bonds is 6. The molecular weight excluding hydrogens is 878 g/mol. The van der Waals surface area contributed by atoms with E-state index in [0.29, 0.717) is 18.4 Å². The fourth-order valence-corrected chi connectivity index (χ4v) is 11.6. The van der Waals surface area contributed by atoms with Crippen LogP contribution in [0.5, 0.6) is 11.5 Å². The van der Waals surface area contributed by atoms with Crippen molar-refractivity contribution in [3.63, 3.8) is 0 Å². The lowest BCUT2D eigenvalue weighted by molar-refractivity contribution is -0.255. The zero-order chi connectivity index (χ0) is 34.1. The minimum absolute atomic E-state index is 0.0267. The van der Waals surface area contributed by atoms with Crippen molar-refractivity contribution in [2.45, 2.75) is 42.4 Å². The largest absolute Gasteiger partial charge is 0.744 e. The molecule has 0 saturated heterocycles. The summed E-state index contributed by atoms with van der Waals surface area (Å²) in [5.74, 6) is -20.5. The first-order valence-corrected chi connectivity index (χ1v) is 17.7. The normalized spacial score (nSPS) is 24.7. The number of benzene rings is 3. The number of esters is 2. The van der Waals surface area contributed by atoms with Crippen molar-refractivity contribution in [3.8, 4) is 11.5 Å². The smallest absolute Gasteiger partial charge is 0.316 e. The minimum atomic E-state index is -4.87. The predicted octanol–water partition coefficient (Wildman–Crippen LogP) is 5.16. The Bertz CT molecular complexity index is 1920. The van der Waals surface area contributed by atoms with Crippen molar-refractivity contribution in [1.29, 1.82) is 0 Å². The third-order valence-electron chi connectivity index (χ3n) is 9.29. The molecule has 4 aliphatic carbocycles. The third kappa shape index (κ3) is 5.71. The van der Waals surface area contributed by atoms with Gasteiger partial charge in [0.25, 0.3) is 0 Å². The van der Waals surface area contributed by atoms with Crippen LogP contribution in [-0.4, -0.2) is 30.9 Å². The van der Waals surface area contributed by atoms with Gasteiger partial charge in [0, 0.05) is 19.0 Å². The zero-order valence-electron chi connectivity index (χ0n) is 23.6. The van der Waals surface area contributed by atoms with E-state index in [9.17, 15) is 50.0 Å². The molecule has 2 saturated carbocycles. The Kier molecular flexibility index (Phi) is 9.09. The quantitative estimate of drug-likeness (QED) is 0.0817. The molecule has 0 aliphatic heterocycles. The van der Waals surface area contributed by atoms with Gasteiger partial charge in [0.15, 0.2) is 11.6 Å². The molecule has 16 heteroatoms. The Morgan fingerprint density at radius 1 is 0.766 bits per heavy atom. The molecule has 0 N–H and O–H groups in total. The number of hydrogen-bond acceptors (Lipinski definition) is 9. The predicted molar refractivity (Wildman–Crippen MR) is 166 cm³/mol. The van der Waals surface area contributed by atoms with E-state index < -0.39 is 91.2 Å². The highest BCUT2D eigenvalue weighted by molar-refractivity contribution is 14.1. The highest BCUT2D eigenvalue weighted by Crippen LogP contribution is 2.64. The number of ether oxygens (including phenoxy) is 2. The average Bonchev–Trinajstić information content (AvgIpc) is 3.00. The molecule has 0 heterocycles. The molecule has 4 aliphatic rings. The molecule has 47 heavy (non-hydrogen) atoms. The second kappa shape index (κ2) is 12.6. The highest BCUT2D eigenvalue weighted by atomic mass is 127. The molecular formula is C31H20F4I2O9S-2. The summed E-state index contributed by atoms with van der Waals surface area (Å²) >= 11 is 3.21. The van der Waals surface area contributed by atoms with E-state index in [1.807, 2.05) is 6.07 Å². The number of aromatic carboxylic acids is 1. The molecule has 0 radical (unpaired) electrons. The van der Waals surface area contributed by atoms with Crippen LogP contribution in [0.4, 0.5) is 17.6 Å². The molecule has 2 bridgehead atoms. The first-order chi connectivity index (χ1) is 22.1. The number of fused-ring (bicyclic) bond motifs is 1. The molecule has 0 spiro atoms. The van der Waals surface area contributed by atoms with Gasteiger partial charge in [0.1, 0.15) is 15.9 Å². The second-order valence-corrected chi connectivity index (χ2v) is 15.2. The van der Waals surface area contributed by atoms with Crippen molar-refractivity contribution in [2.24, 2.45) is 23.7 Å². The number of carboxylic acid groups (broad SMARTS) is 1. The zero-order valence-corrected chi connectivity index (χ0v) is 28.7. The fraction of sp³-hybridized carbons (Fsp3) is 0.323. The van der Waals surface area contributed by atoms with E-state index in [1.165, 1.54) is 0 Å². The topological polar surface area (TPSA) is 150 Å². The number of halogens is 6. The maximum Gasteiger partial charge on any atom is 0.316 e. The molecule has 3 aromatic rings. The Labute approximate surface area is 292 Å². The Morgan fingerprint density at radius 3 is 1.64 bits per heavy atom. The minimum Gasteiger partial charge on any atom is -0.744 e. The molecule has 0 amide bonds. The summed E-state index contributed by atoms with van der Waals surface area (Å²) in [6.45, 7) is 0. The van der Waals surface area contributed by atoms with Crippen LogP contribution in [0.2, 0.25) is 0 Å². The molecule has 6 atom stereocenters. The number of carbonyl (C=O) groups excluding carboxylic acids is 3. The molecule has 6 unspecified atom stereocenters. The number of carboxylic acids is 1. The molecule has 3 aromatic carbocycles. The highest BCUT2D eigenvalue weighted by Gasteiger charge is 2.62. The van der Waals surface area contributed by atoms with Gasteiger partial charge in [-0.3, -0.25) is 9.59 Å². The van der Waals surface area contributed by atoms with Crippen LogP contribution < -0.4 is 14.6 Å². The van der Waals surface area contributed by atoms with Gasteiger partial charge < -0.3 is 23.9 Å². The lowest BCUT2D eigenvalue weighted by Crippen LogP contribution is -2.56.